The highest BCUT2D eigenvalue weighted by molar-refractivity contribution is 6.05. The second-order valence-electron chi connectivity index (χ2n) is 16.3. The number of fused-ring (bicyclic) bond motifs is 8. The highest BCUT2D eigenvalue weighted by Crippen LogP contribution is 2.52. The summed E-state index contributed by atoms with van der Waals surface area (Å²) >= 11 is 0. The van der Waals surface area contributed by atoms with Gasteiger partial charge in [0, 0.05) is 45.0 Å². The van der Waals surface area contributed by atoms with Gasteiger partial charge in [0.15, 0.2) is 0 Å². The zero-order chi connectivity index (χ0) is 40.0. The van der Waals surface area contributed by atoms with E-state index in [-0.39, 0.29) is 5.41 Å². The van der Waals surface area contributed by atoms with Gasteiger partial charge in [-0.05, 0) is 134 Å². The van der Waals surface area contributed by atoms with E-state index in [0.717, 1.165) is 82.9 Å². The average Bonchev–Trinajstić information content (AvgIpc) is 3.87. The molecule has 0 saturated carbocycles. The first-order valence-electron chi connectivity index (χ1n) is 20.4. The van der Waals surface area contributed by atoms with Crippen molar-refractivity contribution in [3.05, 3.63) is 199 Å². The first-order valence-corrected chi connectivity index (χ1v) is 20.4. The van der Waals surface area contributed by atoms with Crippen molar-refractivity contribution in [1.29, 1.82) is 0 Å². The van der Waals surface area contributed by atoms with Gasteiger partial charge in [0.2, 0.25) is 11.4 Å². The van der Waals surface area contributed by atoms with E-state index < -0.39 is 0 Å². The summed E-state index contributed by atoms with van der Waals surface area (Å²) < 4.78 is 12.3. The molecule has 0 unspecified atom stereocenters. The Balaban J connectivity index is 0.969. The smallest absolute Gasteiger partial charge is 0.227 e. The Bertz CT molecular complexity index is 3240. The molecule has 0 radical (unpaired) electrons. The molecule has 7 aromatic carbocycles. The van der Waals surface area contributed by atoms with Gasteiger partial charge >= 0.3 is 0 Å². The molecular formula is C55H37N3O2. The first-order chi connectivity index (χ1) is 29.5. The van der Waals surface area contributed by atoms with Crippen LogP contribution in [0.4, 0.5) is 17.1 Å². The fraction of sp³-hybridized carbons (Fsp3) is 0.0545. The third kappa shape index (κ3) is 5.40. The molecule has 11 aromatic rings. The van der Waals surface area contributed by atoms with E-state index in [9.17, 15) is 0 Å². The summed E-state index contributed by atoms with van der Waals surface area (Å²) in [4.78, 5) is 11.3. The van der Waals surface area contributed by atoms with Crippen LogP contribution in [0.15, 0.2) is 197 Å². The maximum Gasteiger partial charge on any atom is 0.227 e. The van der Waals surface area contributed by atoms with Crippen LogP contribution in [0, 0.1) is 0 Å². The van der Waals surface area contributed by atoms with Gasteiger partial charge in [-0.3, -0.25) is 0 Å². The van der Waals surface area contributed by atoms with E-state index in [4.69, 9.17) is 8.83 Å². The topological polar surface area (TPSA) is 55.3 Å². The molecule has 0 atom stereocenters. The van der Waals surface area contributed by atoms with Gasteiger partial charge in [-0.25, -0.2) is 9.97 Å². The number of aromatic nitrogens is 2. The number of anilines is 3. The lowest BCUT2D eigenvalue weighted by molar-refractivity contribution is 0.632. The Morgan fingerprint density at radius 2 is 0.800 bits per heavy atom. The number of pyridine rings is 2. The predicted molar refractivity (Wildman–Crippen MR) is 245 cm³/mol. The van der Waals surface area contributed by atoms with Crippen molar-refractivity contribution in [3.63, 3.8) is 0 Å². The van der Waals surface area contributed by atoms with Crippen molar-refractivity contribution < 1.29 is 8.83 Å². The summed E-state index contributed by atoms with van der Waals surface area (Å²) in [5.41, 5.74) is 18.0. The van der Waals surface area contributed by atoms with Crippen molar-refractivity contribution in [1.82, 2.24) is 9.97 Å². The lowest BCUT2D eigenvalue weighted by Gasteiger charge is -2.42. The molecule has 4 aromatic heterocycles. The molecular weight excluding hydrogens is 735 g/mol. The fourth-order valence-electron chi connectivity index (χ4n) is 9.31. The molecule has 0 N–H and O–H groups in total. The Hall–Kier alpha value is -7.76. The van der Waals surface area contributed by atoms with Crippen molar-refractivity contribution in [2.24, 2.45) is 0 Å². The Labute approximate surface area is 346 Å². The number of para-hydroxylation sites is 2. The Kier molecular flexibility index (Phi) is 7.51. The summed E-state index contributed by atoms with van der Waals surface area (Å²) in [6, 6.07) is 63.3. The summed E-state index contributed by atoms with van der Waals surface area (Å²) in [5, 5.41) is 4.21. The summed E-state index contributed by atoms with van der Waals surface area (Å²) in [6.07, 6.45) is 3.54. The van der Waals surface area contributed by atoms with Gasteiger partial charge in [-0.2, -0.15) is 0 Å². The standard InChI is InChI=1S/C55H37N3O2/c1-55(2)47-11-3-5-13-49(47)58(50-14-6-4-12-48(50)55)42-30-40(36-19-15-34(16-20-36)38-23-25-43-45-9-7-27-56-53(45)59-51(43)32-38)29-41(31-42)37-21-17-35(18-22-37)39-24-26-44-46-10-8-28-57-54(46)60-52(44)33-39/h3-33H,1-2H3. The van der Waals surface area contributed by atoms with Gasteiger partial charge in [0.05, 0.1) is 11.4 Å². The van der Waals surface area contributed by atoms with E-state index in [2.05, 4.69) is 193 Å². The predicted octanol–water partition coefficient (Wildman–Crippen LogP) is 15.1. The number of hydrogen-bond acceptors (Lipinski definition) is 5. The van der Waals surface area contributed by atoms with Crippen LogP contribution in [0.25, 0.3) is 88.6 Å². The minimum absolute atomic E-state index is 0.153. The third-order valence-corrected chi connectivity index (χ3v) is 12.4. The van der Waals surface area contributed by atoms with Gasteiger partial charge in [0.25, 0.3) is 0 Å². The number of hydrogen-bond donors (Lipinski definition) is 0. The van der Waals surface area contributed by atoms with E-state index in [1.54, 1.807) is 12.4 Å². The van der Waals surface area contributed by atoms with Crippen LogP contribution in [0.5, 0.6) is 0 Å². The number of benzene rings is 7. The Morgan fingerprint density at radius 3 is 1.27 bits per heavy atom. The molecule has 5 nitrogen and oxygen atoms in total. The number of nitrogens with zero attached hydrogens (tertiary/aromatic N) is 3. The van der Waals surface area contributed by atoms with Gasteiger partial charge in [-0.15, -0.1) is 0 Å². The largest absolute Gasteiger partial charge is 0.438 e. The van der Waals surface area contributed by atoms with Crippen LogP contribution in [0.3, 0.4) is 0 Å². The first kappa shape index (κ1) is 34.3. The number of furan rings is 2. The van der Waals surface area contributed by atoms with Crippen LogP contribution in [-0.2, 0) is 5.41 Å². The van der Waals surface area contributed by atoms with Crippen molar-refractivity contribution in [2.75, 3.05) is 4.90 Å². The average molecular weight is 772 g/mol. The fourth-order valence-corrected chi connectivity index (χ4v) is 9.31. The van der Waals surface area contributed by atoms with Crippen LogP contribution < -0.4 is 4.90 Å². The molecule has 0 amide bonds. The zero-order valence-electron chi connectivity index (χ0n) is 33.1. The maximum absolute atomic E-state index is 6.13. The second-order valence-corrected chi connectivity index (χ2v) is 16.3. The number of rotatable bonds is 5. The van der Waals surface area contributed by atoms with Crippen LogP contribution in [0.1, 0.15) is 25.0 Å². The van der Waals surface area contributed by atoms with Gasteiger partial charge in [0.1, 0.15) is 11.2 Å². The zero-order valence-corrected chi connectivity index (χ0v) is 33.1. The van der Waals surface area contributed by atoms with Gasteiger partial charge in [-0.1, -0.05) is 111 Å². The minimum Gasteiger partial charge on any atom is -0.438 e. The van der Waals surface area contributed by atoms with E-state index in [0.29, 0.717) is 11.4 Å². The molecule has 0 bridgehead atoms. The Morgan fingerprint density at radius 1 is 0.383 bits per heavy atom. The van der Waals surface area contributed by atoms with Crippen molar-refractivity contribution >= 4 is 61.2 Å². The lowest BCUT2D eigenvalue weighted by atomic mass is 9.73. The minimum atomic E-state index is -0.153. The molecule has 1 aliphatic heterocycles. The third-order valence-electron chi connectivity index (χ3n) is 12.4. The molecule has 0 aliphatic carbocycles. The molecule has 0 saturated heterocycles. The van der Waals surface area contributed by atoms with Crippen molar-refractivity contribution in [3.8, 4) is 44.5 Å². The molecule has 5 heteroatoms. The summed E-state index contributed by atoms with van der Waals surface area (Å²) in [5.74, 6) is 0. The summed E-state index contributed by atoms with van der Waals surface area (Å²) in [7, 11) is 0. The van der Waals surface area contributed by atoms with E-state index in [1.165, 1.54) is 22.5 Å². The summed E-state index contributed by atoms with van der Waals surface area (Å²) in [6.45, 7) is 4.66. The maximum atomic E-state index is 6.13. The molecule has 1 aliphatic rings. The second kappa shape index (κ2) is 13.1. The van der Waals surface area contributed by atoms with Crippen LogP contribution in [0.2, 0.25) is 0 Å². The van der Waals surface area contributed by atoms with E-state index >= 15 is 0 Å². The SMILES string of the molecule is CC1(C)c2ccccc2N(c2cc(-c3ccc(-c4ccc5c(c4)oc4ncccc45)cc3)cc(-c3ccc(-c4ccc5c(c4)oc4ncccc45)cc3)c2)c2ccccc21. The monoisotopic (exact) mass is 771 g/mol. The molecule has 0 fully saturated rings. The molecule has 60 heavy (non-hydrogen) atoms. The van der Waals surface area contributed by atoms with Crippen LogP contribution >= 0.6 is 0 Å². The normalized spacial score (nSPS) is 13.3. The molecule has 12 rings (SSSR count). The lowest BCUT2D eigenvalue weighted by Crippen LogP contribution is -2.30. The highest BCUT2D eigenvalue weighted by atomic mass is 16.3. The van der Waals surface area contributed by atoms with Gasteiger partial charge < -0.3 is 13.7 Å². The molecule has 284 valence electrons. The van der Waals surface area contributed by atoms with E-state index in [1.807, 2.05) is 12.1 Å². The molecule has 0 spiro atoms. The van der Waals surface area contributed by atoms with Crippen molar-refractivity contribution in [2.45, 2.75) is 19.3 Å². The van der Waals surface area contributed by atoms with Crippen LogP contribution in [-0.4, -0.2) is 9.97 Å². The highest BCUT2D eigenvalue weighted by Gasteiger charge is 2.36. The molecule has 5 heterocycles. The quantitative estimate of drug-likeness (QED) is 0.174.